The number of aliphatic hydroxyl groups is 1. The second-order valence-electron chi connectivity index (χ2n) is 7.67. The summed E-state index contributed by atoms with van der Waals surface area (Å²) in [5, 5.41) is 10.0. The summed E-state index contributed by atoms with van der Waals surface area (Å²) in [4.78, 5) is 13.5. The van der Waals surface area contributed by atoms with Gasteiger partial charge >= 0.3 is 0 Å². The molecule has 0 saturated carbocycles. The Kier molecular flexibility index (Phi) is 19.3. The summed E-state index contributed by atoms with van der Waals surface area (Å²) in [7, 11) is 3.47. The van der Waals surface area contributed by atoms with Gasteiger partial charge in [-0.3, -0.25) is 9.69 Å². The van der Waals surface area contributed by atoms with E-state index < -0.39 is 5.72 Å². The number of carbonyl (C=O) groups excluding carboxylic acids is 1. The summed E-state index contributed by atoms with van der Waals surface area (Å²) >= 11 is 0. The van der Waals surface area contributed by atoms with Crippen LogP contribution in [0.2, 0.25) is 0 Å². The molecular formula is C22H44ClNO2. The minimum atomic E-state index is -1.32. The Bertz CT molecular complexity index is 354. The molecule has 0 heterocycles. The number of allylic oxidation sites excluding steroid dienone is 2. The first kappa shape index (κ1) is 27.8. The number of likely N-dealkylation sites (N-methyl/N-ethyl adjacent to an activating group) is 1. The van der Waals surface area contributed by atoms with Crippen molar-refractivity contribution < 1.29 is 9.90 Å². The highest BCUT2D eigenvalue weighted by Gasteiger charge is 2.31. The SMILES string of the molecule is CCCCCCCCC=CCCCCCCCC(=O)C(C)(O)N(C)C.Cl. The molecule has 3 nitrogen and oxygen atoms in total. The Morgan fingerprint density at radius 3 is 1.73 bits per heavy atom. The minimum Gasteiger partial charge on any atom is -0.369 e. The minimum absolute atomic E-state index is 0. The van der Waals surface area contributed by atoms with Crippen molar-refractivity contribution in [2.45, 2.75) is 109 Å². The van der Waals surface area contributed by atoms with Crippen molar-refractivity contribution in [3.63, 3.8) is 0 Å². The molecular weight excluding hydrogens is 346 g/mol. The van der Waals surface area contributed by atoms with E-state index in [2.05, 4.69) is 19.1 Å². The molecule has 0 rings (SSSR count). The third-order valence-electron chi connectivity index (χ3n) is 5.06. The molecule has 0 aliphatic carbocycles. The maximum absolute atomic E-state index is 11.9. The lowest BCUT2D eigenvalue weighted by Gasteiger charge is -2.29. The average Bonchev–Trinajstić information content (AvgIpc) is 2.57. The summed E-state index contributed by atoms with van der Waals surface area (Å²) in [6.07, 6.45) is 21.4. The zero-order chi connectivity index (χ0) is 19.0. The number of unbranched alkanes of at least 4 members (excludes halogenated alkanes) is 11. The van der Waals surface area contributed by atoms with Crippen LogP contribution >= 0.6 is 12.4 Å². The van der Waals surface area contributed by atoms with Gasteiger partial charge in [-0.05, 0) is 53.1 Å². The van der Waals surface area contributed by atoms with Gasteiger partial charge in [-0.1, -0.05) is 70.4 Å². The molecule has 1 unspecified atom stereocenters. The van der Waals surface area contributed by atoms with Crippen molar-refractivity contribution >= 4 is 18.2 Å². The molecule has 0 aromatic carbocycles. The first-order valence-corrected chi connectivity index (χ1v) is 10.5. The van der Waals surface area contributed by atoms with Crippen LogP contribution in [0.1, 0.15) is 104 Å². The van der Waals surface area contributed by atoms with Crippen molar-refractivity contribution in [2.24, 2.45) is 0 Å². The molecule has 0 radical (unpaired) electrons. The van der Waals surface area contributed by atoms with Crippen LogP contribution in [-0.2, 0) is 4.79 Å². The van der Waals surface area contributed by atoms with Gasteiger partial charge in [0, 0.05) is 6.42 Å². The standard InChI is InChI=1S/C22H43NO2.ClH/c1-5-6-7-8-9-10-11-12-13-14-15-16-17-18-19-20-21(24)22(2,25)23(3)4;/h12-13,25H,5-11,14-20H2,1-4H3;1H. The summed E-state index contributed by atoms with van der Waals surface area (Å²) in [5.41, 5.74) is -1.32. The molecule has 0 saturated heterocycles. The van der Waals surface area contributed by atoms with Gasteiger partial charge in [0.2, 0.25) is 0 Å². The highest BCUT2D eigenvalue weighted by Crippen LogP contribution is 2.15. The predicted molar refractivity (Wildman–Crippen MR) is 116 cm³/mol. The molecule has 0 aromatic heterocycles. The fourth-order valence-electron chi connectivity index (χ4n) is 2.84. The Morgan fingerprint density at radius 2 is 1.27 bits per heavy atom. The van der Waals surface area contributed by atoms with Gasteiger partial charge in [0.25, 0.3) is 0 Å². The van der Waals surface area contributed by atoms with Crippen LogP contribution in [-0.4, -0.2) is 35.6 Å². The quantitative estimate of drug-likeness (QED) is 0.180. The molecule has 0 spiro atoms. The lowest BCUT2D eigenvalue weighted by molar-refractivity contribution is -0.151. The normalized spacial score (nSPS) is 13.8. The van der Waals surface area contributed by atoms with Crippen molar-refractivity contribution in [2.75, 3.05) is 14.1 Å². The van der Waals surface area contributed by atoms with E-state index in [-0.39, 0.29) is 18.2 Å². The van der Waals surface area contributed by atoms with Crippen molar-refractivity contribution in [3.05, 3.63) is 12.2 Å². The van der Waals surface area contributed by atoms with E-state index in [1.807, 2.05) is 0 Å². The van der Waals surface area contributed by atoms with Crippen LogP contribution in [0.4, 0.5) is 0 Å². The van der Waals surface area contributed by atoms with Crippen molar-refractivity contribution in [1.29, 1.82) is 0 Å². The highest BCUT2D eigenvalue weighted by molar-refractivity contribution is 5.86. The van der Waals surface area contributed by atoms with Gasteiger partial charge in [0.05, 0.1) is 0 Å². The smallest absolute Gasteiger partial charge is 0.179 e. The van der Waals surface area contributed by atoms with Crippen molar-refractivity contribution in [1.82, 2.24) is 4.90 Å². The Morgan fingerprint density at radius 1 is 0.846 bits per heavy atom. The number of ketones is 1. The number of hydrogen-bond acceptors (Lipinski definition) is 3. The number of halogens is 1. The van der Waals surface area contributed by atoms with E-state index in [9.17, 15) is 9.90 Å². The molecule has 156 valence electrons. The molecule has 0 amide bonds. The van der Waals surface area contributed by atoms with Gasteiger partial charge in [-0.25, -0.2) is 0 Å². The number of rotatable bonds is 17. The summed E-state index contributed by atoms with van der Waals surface area (Å²) in [5.74, 6) is -0.0740. The Balaban J connectivity index is 0. The average molecular weight is 390 g/mol. The maximum Gasteiger partial charge on any atom is 0.179 e. The fourth-order valence-corrected chi connectivity index (χ4v) is 2.84. The monoisotopic (exact) mass is 389 g/mol. The number of hydrogen-bond donors (Lipinski definition) is 1. The molecule has 0 fully saturated rings. The molecule has 1 atom stereocenters. The van der Waals surface area contributed by atoms with Gasteiger partial charge in [0.15, 0.2) is 11.5 Å². The topological polar surface area (TPSA) is 40.5 Å². The van der Waals surface area contributed by atoms with Gasteiger partial charge in [0.1, 0.15) is 0 Å². The zero-order valence-corrected chi connectivity index (χ0v) is 18.6. The largest absolute Gasteiger partial charge is 0.369 e. The van der Waals surface area contributed by atoms with Crippen LogP contribution in [0.25, 0.3) is 0 Å². The predicted octanol–water partition coefficient (Wildman–Crippen LogP) is 6.28. The van der Waals surface area contributed by atoms with Crippen LogP contribution in [0, 0.1) is 0 Å². The van der Waals surface area contributed by atoms with E-state index in [1.165, 1.54) is 70.6 Å². The van der Waals surface area contributed by atoms with E-state index in [0.29, 0.717) is 6.42 Å². The third-order valence-corrected chi connectivity index (χ3v) is 5.06. The Hall–Kier alpha value is -0.380. The van der Waals surface area contributed by atoms with Gasteiger partial charge < -0.3 is 5.11 Å². The molecule has 4 heteroatoms. The van der Waals surface area contributed by atoms with Crippen LogP contribution in [0.5, 0.6) is 0 Å². The molecule has 0 bridgehead atoms. The number of carbonyl (C=O) groups is 1. The third kappa shape index (κ3) is 14.8. The maximum atomic E-state index is 11.9. The lowest BCUT2D eigenvalue weighted by Crippen LogP contribution is -2.48. The van der Waals surface area contributed by atoms with Gasteiger partial charge in [-0.15, -0.1) is 12.4 Å². The van der Waals surface area contributed by atoms with E-state index in [0.717, 1.165) is 12.8 Å². The fraction of sp³-hybridized carbons (Fsp3) is 0.864. The van der Waals surface area contributed by atoms with E-state index in [4.69, 9.17) is 0 Å². The summed E-state index contributed by atoms with van der Waals surface area (Å²) in [6.45, 7) is 3.84. The van der Waals surface area contributed by atoms with E-state index >= 15 is 0 Å². The first-order valence-electron chi connectivity index (χ1n) is 10.5. The molecule has 26 heavy (non-hydrogen) atoms. The zero-order valence-electron chi connectivity index (χ0n) is 17.8. The summed E-state index contributed by atoms with van der Waals surface area (Å²) < 4.78 is 0. The number of Topliss-reactive ketones (excluding diaryl/α,β-unsaturated/α-hetero) is 1. The van der Waals surface area contributed by atoms with Gasteiger partial charge in [-0.2, -0.15) is 0 Å². The second kappa shape index (κ2) is 18.0. The van der Waals surface area contributed by atoms with Crippen LogP contribution < -0.4 is 0 Å². The summed E-state index contributed by atoms with van der Waals surface area (Å²) in [6, 6.07) is 0. The molecule has 1 N–H and O–H groups in total. The lowest BCUT2D eigenvalue weighted by atomic mass is 10.0. The van der Waals surface area contributed by atoms with Crippen molar-refractivity contribution in [3.8, 4) is 0 Å². The number of nitrogens with zero attached hydrogens (tertiary/aromatic N) is 1. The molecule has 0 aliphatic rings. The van der Waals surface area contributed by atoms with E-state index in [1.54, 1.807) is 25.9 Å². The molecule has 0 aromatic rings. The highest BCUT2D eigenvalue weighted by atomic mass is 35.5. The van der Waals surface area contributed by atoms with Crippen LogP contribution in [0.3, 0.4) is 0 Å². The second-order valence-corrected chi connectivity index (χ2v) is 7.67. The molecule has 0 aliphatic heterocycles. The first-order chi connectivity index (χ1) is 11.9. The van der Waals surface area contributed by atoms with Crippen LogP contribution in [0.15, 0.2) is 12.2 Å². The Labute approximate surface area is 169 Å².